The smallest absolute Gasteiger partial charge is 0.361 e. The second-order valence-corrected chi connectivity index (χ2v) is 5.46. The molecular formula is C18H16N4O5. The number of nitrogens with one attached hydrogen (secondary N) is 1. The van der Waals surface area contributed by atoms with Gasteiger partial charge in [-0.2, -0.15) is 10.3 Å². The van der Waals surface area contributed by atoms with Crippen LogP contribution in [0.3, 0.4) is 0 Å². The molecule has 27 heavy (non-hydrogen) atoms. The lowest BCUT2D eigenvalue weighted by Crippen LogP contribution is -2.07. The Morgan fingerprint density at radius 1 is 1.19 bits per heavy atom. The van der Waals surface area contributed by atoms with E-state index in [0.29, 0.717) is 5.56 Å². The molecular weight excluding hydrogens is 352 g/mol. The van der Waals surface area contributed by atoms with Crippen molar-refractivity contribution < 1.29 is 19.2 Å². The minimum Gasteiger partial charge on any atom is -0.482 e. The number of carbonyl (C=O) groups is 1. The van der Waals surface area contributed by atoms with Gasteiger partial charge in [-0.15, -0.1) is 5.10 Å². The summed E-state index contributed by atoms with van der Waals surface area (Å²) >= 11 is 0. The molecule has 2 aromatic carbocycles. The van der Waals surface area contributed by atoms with Crippen LogP contribution in [-0.2, 0) is 11.3 Å². The van der Waals surface area contributed by atoms with Crippen molar-refractivity contribution in [3.05, 3.63) is 69.9 Å². The summed E-state index contributed by atoms with van der Waals surface area (Å²) in [6.45, 7) is 2.04. The molecule has 0 aliphatic rings. The minimum atomic E-state index is -0.659. The van der Waals surface area contributed by atoms with E-state index in [0.717, 1.165) is 5.56 Å². The number of aromatic amines is 1. The molecule has 0 bridgehead atoms. The number of rotatable bonds is 7. The molecule has 0 saturated carbocycles. The van der Waals surface area contributed by atoms with Crippen LogP contribution in [0.1, 0.15) is 23.0 Å². The third-order valence-electron chi connectivity index (χ3n) is 3.68. The first-order valence-corrected chi connectivity index (χ1v) is 8.13. The number of esters is 1. The van der Waals surface area contributed by atoms with Gasteiger partial charge < -0.3 is 9.47 Å². The largest absolute Gasteiger partial charge is 0.482 e. The molecule has 0 spiro atoms. The van der Waals surface area contributed by atoms with Crippen LogP contribution in [0.15, 0.2) is 48.5 Å². The summed E-state index contributed by atoms with van der Waals surface area (Å²) in [5.41, 5.74) is 1.14. The summed E-state index contributed by atoms with van der Waals surface area (Å²) in [7, 11) is 0. The Morgan fingerprint density at radius 3 is 2.67 bits per heavy atom. The van der Waals surface area contributed by atoms with Crippen molar-refractivity contribution in [3.8, 4) is 17.0 Å². The fourth-order valence-corrected chi connectivity index (χ4v) is 2.44. The molecule has 1 N–H and O–H groups in total. The molecule has 0 aliphatic heterocycles. The number of nitrogens with zero attached hydrogens (tertiary/aromatic N) is 3. The van der Waals surface area contributed by atoms with Crippen LogP contribution in [0.4, 0.5) is 5.69 Å². The van der Waals surface area contributed by atoms with Crippen LogP contribution in [0.5, 0.6) is 5.75 Å². The average Bonchev–Trinajstić information content (AvgIpc) is 3.17. The first-order valence-electron chi connectivity index (χ1n) is 8.13. The number of ether oxygens (including phenoxy) is 2. The highest BCUT2D eigenvalue weighted by Crippen LogP contribution is 2.33. The van der Waals surface area contributed by atoms with E-state index in [2.05, 4.69) is 15.4 Å². The van der Waals surface area contributed by atoms with Crippen LogP contribution in [0, 0.1) is 10.1 Å². The molecule has 0 fully saturated rings. The normalized spacial score (nSPS) is 10.4. The average molecular weight is 368 g/mol. The fraction of sp³-hybridized carbons (Fsp3) is 0.167. The zero-order chi connectivity index (χ0) is 19.2. The van der Waals surface area contributed by atoms with Gasteiger partial charge in [-0.25, -0.2) is 4.79 Å². The predicted octanol–water partition coefficient (Wildman–Crippen LogP) is 3.14. The molecule has 0 radical (unpaired) electrons. The van der Waals surface area contributed by atoms with Gasteiger partial charge in [-0.3, -0.25) is 10.1 Å². The molecule has 0 saturated heterocycles. The first kappa shape index (κ1) is 18.1. The zero-order valence-electron chi connectivity index (χ0n) is 14.4. The van der Waals surface area contributed by atoms with E-state index >= 15 is 0 Å². The second-order valence-electron chi connectivity index (χ2n) is 5.46. The van der Waals surface area contributed by atoms with Crippen molar-refractivity contribution in [3.63, 3.8) is 0 Å². The summed E-state index contributed by atoms with van der Waals surface area (Å²) in [5.74, 6) is -0.540. The zero-order valence-corrected chi connectivity index (χ0v) is 14.4. The SMILES string of the molecule is CCOC(=O)c1n[nH]nc1-c1ccc(OCc2ccccc2)c([N+](=O)[O-])c1. The molecule has 1 aromatic heterocycles. The van der Waals surface area contributed by atoms with Crippen LogP contribution in [0.2, 0.25) is 0 Å². The van der Waals surface area contributed by atoms with E-state index in [-0.39, 0.29) is 36.0 Å². The summed E-state index contributed by atoms with van der Waals surface area (Å²) in [6, 6.07) is 13.7. The van der Waals surface area contributed by atoms with Gasteiger partial charge in [0, 0.05) is 11.6 Å². The fourth-order valence-electron chi connectivity index (χ4n) is 2.44. The van der Waals surface area contributed by atoms with Crippen molar-refractivity contribution >= 4 is 11.7 Å². The van der Waals surface area contributed by atoms with Crippen molar-refractivity contribution in [1.29, 1.82) is 0 Å². The van der Waals surface area contributed by atoms with Crippen molar-refractivity contribution in [2.45, 2.75) is 13.5 Å². The molecule has 0 aliphatic carbocycles. The number of carbonyl (C=O) groups excluding carboxylic acids is 1. The standard InChI is InChI=1S/C18H16N4O5/c1-2-26-18(23)17-16(19-21-20-17)13-8-9-15(14(10-13)22(24)25)27-11-12-6-4-3-5-7-12/h3-10H,2,11H2,1H3,(H,19,20,21). The van der Waals surface area contributed by atoms with Crippen LogP contribution in [0.25, 0.3) is 11.3 Å². The third kappa shape index (κ3) is 4.09. The third-order valence-corrected chi connectivity index (χ3v) is 3.68. The van der Waals surface area contributed by atoms with Gasteiger partial charge in [-0.1, -0.05) is 30.3 Å². The highest BCUT2D eigenvalue weighted by atomic mass is 16.6. The lowest BCUT2D eigenvalue weighted by atomic mass is 10.1. The number of benzene rings is 2. The van der Waals surface area contributed by atoms with Crippen LogP contribution >= 0.6 is 0 Å². The Bertz CT molecular complexity index is 955. The quantitative estimate of drug-likeness (QED) is 0.386. The molecule has 1 heterocycles. The Morgan fingerprint density at radius 2 is 1.96 bits per heavy atom. The predicted molar refractivity (Wildman–Crippen MR) is 95.2 cm³/mol. The van der Waals surface area contributed by atoms with E-state index in [1.165, 1.54) is 12.1 Å². The van der Waals surface area contributed by atoms with Crippen molar-refractivity contribution in [1.82, 2.24) is 15.4 Å². The molecule has 9 heteroatoms. The molecule has 3 aromatic rings. The highest BCUT2D eigenvalue weighted by Gasteiger charge is 2.23. The summed E-state index contributed by atoms with van der Waals surface area (Å²) in [4.78, 5) is 22.9. The number of nitro groups is 1. The van der Waals surface area contributed by atoms with Crippen LogP contribution in [-0.4, -0.2) is 32.9 Å². The maximum Gasteiger partial charge on any atom is 0.361 e. The molecule has 138 valence electrons. The topological polar surface area (TPSA) is 120 Å². The summed E-state index contributed by atoms with van der Waals surface area (Å²) in [5, 5.41) is 21.5. The second kappa shape index (κ2) is 8.09. The van der Waals surface area contributed by atoms with E-state index < -0.39 is 10.9 Å². The lowest BCUT2D eigenvalue weighted by Gasteiger charge is -2.08. The van der Waals surface area contributed by atoms with Crippen LogP contribution < -0.4 is 4.74 Å². The molecule has 3 rings (SSSR count). The lowest BCUT2D eigenvalue weighted by molar-refractivity contribution is -0.385. The number of hydrogen-bond acceptors (Lipinski definition) is 7. The van der Waals surface area contributed by atoms with Crippen molar-refractivity contribution in [2.24, 2.45) is 0 Å². The molecule has 0 amide bonds. The first-order chi connectivity index (χ1) is 13.1. The van der Waals surface area contributed by atoms with Gasteiger partial charge in [0.05, 0.1) is 11.5 Å². The van der Waals surface area contributed by atoms with Crippen molar-refractivity contribution in [2.75, 3.05) is 6.61 Å². The van der Waals surface area contributed by atoms with Gasteiger partial charge in [0.1, 0.15) is 12.3 Å². The Kier molecular flexibility index (Phi) is 5.41. The molecule has 0 atom stereocenters. The monoisotopic (exact) mass is 368 g/mol. The van der Waals surface area contributed by atoms with E-state index in [4.69, 9.17) is 9.47 Å². The van der Waals surface area contributed by atoms with Gasteiger partial charge in [-0.05, 0) is 24.6 Å². The minimum absolute atomic E-state index is 0.0379. The molecule has 9 nitrogen and oxygen atoms in total. The maximum atomic E-state index is 11.9. The number of nitro benzene ring substituents is 1. The summed E-state index contributed by atoms with van der Waals surface area (Å²) < 4.78 is 10.5. The summed E-state index contributed by atoms with van der Waals surface area (Å²) in [6.07, 6.45) is 0. The number of hydrogen-bond donors (Lipinski definition) is 1. The highest BCUT2D eigenvalue weighted by molar-refractivity contribution is 5.94. The van der Waals surface area contributed by atoms with E-state index in [1.807, 2.05) is 30.3 Å². The maximum absolute atomic E-state index is 11.9. The molecule has 0 unspecified atom stereocenters. The Balaban J connectivity index is 1.89. The number of aromatic nitrogens is 3. The number of H-pyrrole nitrogens is 1. The van der Waals surface area contributed by atoms with E-state index in [9.17, 15) is 14.9 Å². The van der Waals surface area contributed by atoms with Gasteiger partial charge >= 0.3 is 11.7 Å². The Hall–Kier alpha value is -3.75. The van der Waals surface area contributed by atoms with Gasteiger partial charge in [0.25, 0.3) is 0 Å². The van der Waals surface area contributed by atoms with Gasteiger partial charge in [0.15, 0.2) is 11.4 Å². The van der Waals surface area contributed by atoms with E-state index in [1.54, 1.807) is 13.0 Å². The Labute approximate surface area is 154 Å². The van der Waals surface area contributed by atoms with Gasteiger partial charge in [0.2, 0.25) is 0 Å².